The Bertz CT molecular complexity index is 499. The van der Waals surface area contributed by atoms with Gasteiger partial charge in [-0.3, -0.25) is 4.98 Å². The summed E-state index contributed by atoms with van der Waals surface area (Å²) in [4.78, 5) is 15.9. The summed E-state index contributed by atoms with van der Waals surface area (Å²) in [7, 11) is 0. The summed E-state index contributed by atoms with van der Waals surface area (Å²) in [5, 5.41) is 1.30. The van der Waals surface area contributed by atoms with E-state index >= 15 is 0 Å². The van der Waals surface area contributed by atoms with Gasteiger partial charge in [0, 0.05) is 6.07 Å². The maximum Gasteiger partial charge on any atom is 0.197 e. The lowest BCUT2D eigenvalue weighted by molar-refractivity contribution is 0.970. The number of rotatable bonds is 2. The zero-order chi connectivity index (χ0) is 11.5. The molecule has 0 aliphatic carbocycles. The summed E-state index contributed by atoms with van der Waals surface area (Å²) in [6.07, 6.45) is 3.00. The molecule has 0 aliphatic heterocycles. The van der Waals surface area contributed by atoms with Gasteiger partial charge in [0.25, 0.3) is 0 Å². The number of hydrogen-bond acceptors (Lipinski definition) is 7. The molecule has 2 heterocycles. The maximum absolute atomic E-state index is 5.70. The second-order valence-electron chi connectivity index (χ2n) is 2.78. The Hall–Kier alpha value is -1.60. The molecule has 8 heteroatoms. The number of nitrogens with zero attached hydrogens (tertiary/aromatic N) is 4. The van der Waals surface area contributed by atoms with Crippen LogP contribution >= 0.6 is 23.4 Å². The highest BCUT2D eigenvalue weighted by Gasteiger charge is 2.05. The van der Waals surface area contributed by atoms with Gasteiger partial charge in [0.2, 0.25) is 0 Å². The first-order chi connectivity index (χ1) is 7.63. The van der Waals surface area contributed by atoms with Crippen LogP contribution in [0.3, 0.4) is 0 Å². The van der Waals surface area contributed by atoms with E-state index in [2.05, 4.69) is 19.9 Å². The molecule has 0 bridgehead atoms. The highest BCUT2D eigenvalue weighted by Crippen LogP contribution is 2.24. The van der Waals surface area contributed by atoms with Crippen molar-refractivity contribution in [2.24, 2.45) is 0 Å². The zero-order valence-corrected chi connectivity index (χ0v) is 9.53. The molecule has 0 saturated carbocycles. The van der Waals surface area contributed by atoms with E-state index in [0.29, 0.717) is 27.0 Å². The van der Waals surface area contributed by atoms with Crippen LogP contribution in [0.15, 0.2) is 28.6 Å². The molecule has 0 spiro atoms. The summed E-state index contributed by atoms with van der Waals surface area (Å²) >= 11 is 6.89. The number of halogens is 1. The van der Waals surface area contributed by atoms with Gasteiger partial charge in [-0.2, -0.15) is 0 Å². The van der Waals surface area contributed by atoms with Crippen LogP contribution in [0.4, 0.5) is 11.6 Å². The lowest BCUT2D eigenvalue weighted by atomic mass is 10.5. The summed E-state index contributed by atoms with van der Waals surface area (Å²) in [5.74, 6) is 0.620. The summed E-state index contributed by atoms with van der Waals surface area (Å²) in [5.41, 5.74) is 11.1. The van der Waals surface area contributed by atoms with Gasteiger partial charge in [0.05, 0.1) is 12.4 Å². The normalized spacial score (nSPS) is 10.3. The van der Waals surface area contributed by atoms with Crippen molar-refractivity contribution < 1.29 is 0 Å². The van der Waals surface area contributed by atoms with Crippen molar-refractivity contribution in [3.05, 3.63) is 23.6 Å². The predicted molar refractivity (Wildman–Crippen MR) is 62.0 cm³/mol. The van der Waals surface area contributed by atoms with Crippen molar-refractivity contribution in [1.29, 1.82) is 0 Å². The molecule has 0 radical (unpaired) electrons. The monoisotopic (exact) mass is 254 g/mol. The fraction of sp³-hybridized carbons (Fsp3) is 0. The molecule has 2 aromatic rings. The second-order valence-corrected chi connectivity index (χ2v) is 4.16. The van der Waals surface area contributed by atoms with Gasteiger partial charge >= 0.3 is 0 Å². The molecule has 0 fully saturated rings. The minimum absolute atomic E-state index is 0.307. The molecule has 6 nitrogen and oxygen atoms in total. The molecule has 0 aliphatic rings. The van der Waals surface area contributed by atoms with Crippen LogP contribution in [-0.2, 0) is 0 Å². The van der Waals surface area contributed by atoms with E-state index in [4.69, 9.17) is 23.1 Å². The third-order valence-corrected chi connectivity index (χ3v) is 2.48. The second kappa shape index (κ2) is 4.50. The number of aromatic nitrogens is 4. The van der Waals surface area contributed by atoms with Gasteiger partial charge in [-0.25, -0.2) is 15.0 Å². The molecule has 82 valence electrons. The summed E-state index contributed by atoms with van der Waals surface area (Å²) in [6, 6.07) is 1.48. The van der Waals surface area contributed by atoms with Crippen molar-refractivity contribution in [2.45, 2.75) is 10.2 Å². The van der Waals surface area contributed by atoms with Crippen LogP contribution in [0.2, 0.25) is 5.15 Å². The Morgan fingerprint density at radius 1 is 1.06 bits per heavy atom. The fourth-order valence-corrected chi connectivity index (χ4v) is 1.92. The molecule has 2 rings (SSSR count). The topological polar surface area (TPSA) is 104 Å². The Kier molecular flexibility index (Phi) is 3.07. The quantitative estimate of drug-likeness (QED) is 0.777. The molecule has 0 unspecified atom stereocenters. The van der Waals surface area contributed by atoms with E-state index in [1.807, 2.05) is 0 Å². The molecule has 16 heavy (non-hydrogen) atoms. The van der Waals surface area contributed by atoms with Crippen LogP contribution in [0.1, 0.15) is 0 Å². The summed E-state index contributed by atoms with van der Waals surface area (Å²) < 4.78 is 0. The average molecular weight is 255 g/mol. The maximum atomic E-state index is 5.70. The standard InChI is InChI=1S/C8H7ClN6S/c9-4-2-12-3-7(13-4)16-8-14-5(10)1-6(11)15-8/h1-3H,(H4,10,11,14,15). The minimum Gasteiger partial charge on any atom is -0.383 e. The zero-order valence-electron chi connectivity index (χ0n) is 7.96. The lowest BCUT2D eigenvalue weighted by Crippen LogP contribution is -1.99. The molecular formula is C8H7ClN6S. The summed E-state index contributed by atoms with van der Waals surface area (Å²) in [6.45, 7) is 0. The number of nitrogens with two attached hydrogens (primary N) is 2. The number of nitrogen functional groups attached to an aromatic ring is 2. The highest BCUT2D eigenvalue weighted by molar-refractivity contribution is 7.99. The first-order valence-corrected chi connectivity index (χ1v) is 5.38. The first-order valence-electron chi connectivity index (χ1n) is 4.19. The van der Waals surface area contributed by atoms with Gasteiger partial charge in [0.1, 0.15) is 21.8 Å². The van der Waals surface area contributed by atoms with E-state index in [0.717, 1.165) is 0 Å². The van der Waals surface area contributed by atoms with Crippen molar-refractivity contribution in [2.75, 3.05) is 11.5 Å². The first kappa shape index (κ1) is 10.9. The molecular weight excluding hydrogens is 248 g/mol. The lowest BCUT2D eigenvalue weighted by Gasteiger charge is -2.01. The van der Waals surface area contributed by atoms with Crippen LogP contribution in [-0.4, -0.2) is 19.9 Å². The Morgan fingerprint density at radius 3 is 2.38 bits per heavy atom. The number of hydrogen-bond donors (Lipinski definition) is 2. The molecule has 0 aromatic carbocycles. The van der Waals surface area contributed by atoms with E-state index in [1.165, 1.54) is 24.0 Å². The molecule has 4 N–H and O–H groups in total. The van der Waals surface area contributed by atoms with Crippen LogP contribution in [0.25, 0.3) is 0 Å². The van der Waals surface area contributed by atoms with Crippen LogP contribution < -0.4 is 11.5 Å². The van der Waals surface area contributed by atoms with Crippen molar-refractivity contribution in [1.82, 2.24) is 19.9 Å². The Balaban J connectivity index is 2.27. The van der Waals surface area contributed by atoms with Crippen molar-refractivity contribution in [3.8, 4) is 0 Å². The van der Waals surface area contributed by atoms with Gasteiger partial charge in [0.15, 0.2) is 5.16 Å². The number of anilines is 2. The van der Waals surface area contributed by atoms with E-state index in [-0.39, 0.29) is 0 Å². The van der Waals surface area contributed by atoms with Crippen LogP contribution in [0, 0.1) is 0 Å². The van der Waals surface area contributed by atoms with Gasteiger partial charge in [-0.15, -0.1) is 0 Å². The smallest absolute Gasteiger partial charge is 0.197 e. The van der Waals surface area contributed by atoms with Gasteiger partial charge < -0.3 is 11.5 Å². The minimum atomic E-state index is 0.307. The van der Waals surface area contributed by atoms with Crippen molar-refractivity contribution in [3.63, 3.8) is 0 Å². The average Bonchev–Trinajstić information content (AvgIpc) is 2.15. The molecule has 2 aromatic heterocycles. The molecule has 0 saturated heterocycles. The molecule has 0 atom stereocenters. The van der Waals surface area contributed by atoms with Crippen LogP contribution in [0.5, 0.6) is 0 Å². The van der Waals surface area contributed by atoms with E-state index in [1.54, 1.807) is 6.20 Å². The largest absolute Gasteiger partial charge is 0.383 e. The predicted octanol–water partition coefficient (Wildman–Crippen LogP) is 1.24. The molecule has 0 amide bonds. The van der Waals surface area contributed by atoms with Crippen molar-refractivity contribution >= 4 is 35.0 Å². The third kappa shape index (κ3) is 2.71. The third-order valence-electron chi connectivity index (χ3n) is 1.52. The fourth-order valence-electron chi connectivity index (χ4n) is 0.976. The Morgan fingerprint density at radius 2 is 1.75 bits per heavy atom. The van der Waals surface area contributed by atoms with Gasteiger partial charge in [-0.05, 0) is 11.8 Å². The Labute approximate surface area is 100 Å². The SMILES string of the molecule is Nc1cc(N)nc(Sc2cncc(Cl)n2)n1. The van der Waals surface area contributed by atoms with E-state index < -0.39 is 0 Å². The highest BCUT2D eigenvalue weighted by atomic mass is 35.5. The van der Waals surface area contributed by atoms with Gasteiger partial charge in [-0.1, -0.05) is 11.6 Å². The van der Waals surface area contributed by atoms with E-state index in [9.17, 15) is 0 Å².